The summed E-state index contributed by atoms with van der Waals surface area (Å²) in [5.74, 6) is -0.923. The van der Waals surface area contributed by atoms with E-state index >= 15 is 0 Å². The van der Waals surface area contributed by atoms with Crippen LogP contribution in [0.25, 0.3) is 0 Å². The molecule has 0 atom stereocenters. The molecule has 27 heavy (non-hydrogen) atoms. The molecule has 0 fully saturated rings. The van der Waals surface area contributed by atoms with Crippen molar-refractivity contribution in [1.82, 2.24) is 5.32 Å². The molecular weight excluding hydrogens is 393 g/mol. The van der Waals surface area contributed by atoms with Gasteiger partial charge in [0.25, 0.3) is 5.91 Å². The van der Waals surface area contributed by atoms with Gasteiger partial charge >= 0.3 is 0 Å². The average Bonchev–Trinajstić information content (AvgIpc) is 2.58. The molecule has 1 amide bonds. The normalized spacial score (nSPS) is 13.3. The van der Waals surface area contributed by atoms with Crippen molar-refractivity contribution in [2.24, 2.45) is 0 Å². The van der Waals surface area contributed by atoms with Crippen LogP contribution in [0.2, 0.25) is 0 Å². The zero-order chi connectivity index (χ0) is 18.9. The van der Waals surface area contributed by atoms with E-state index in [1.165, 1.54) is 6.07 Å². The summed E-state index contributed by atoms with van der Waals surface area (Å²) < 4.78 is 39.9. The van der Waals surface area contributed by atoms with Gasteiger partial charge in [-0.3, -0.25) is 9.52 Å². The Balaban J connectivity index is 0.00000261. The third-order valence-electron chi connectivity index (χ3n) is 4.25. The zero-order valence-corrected chi connectivity index (χ0v) is 16.6. The number of hydrogen-bond donors (Lipinski definition) is 3. The molecule has 6 nitrogen and oxygen atoms in total. The summed E-state index contributed by atoms with van der Waals surface area (Å²) in [5.41, 5.74) is 2.86. The second-order valence-corrected chi connectivity index (χ2v) is 8.10. The zero-order valence-electron chi connectivity index (χ0n) is 14.9. The maximum absolute atomic E-state index is 14.7. The van der Waals surface area contributed by atoms with Crippen LogP contribution in [-0.4, -0.2) is 27.1 Å². The number of hydrogen-bond acceptors (Lipinski definition) is 4. The molecule has 3 rings (SSSR count). The van der Waals surface area contributed by atoms with Crippen LogP contribution in [0.3, 0.4) is 0 Å². The van der Waals surface area contributed by atoms with E-state index in [4.69, 9.17) is 0 Å². The van der Waals surface area contributed by atoms with E-state index < -0.39 is 21.7 Å². The molecular formula is C18H21ClFN3O3S. The van der Waals surface area contributed by atoms with Crippen LogP contribution in [0.15, 0.2) is 30.3 Å². The molecule has 0 spiro atoms. The standard InChI is InChI=1S/C18H20FN3O3S.ClH/c1-11-3-4-12(9-16(11)22-26(2,24)25)18(23)21-15-6-5-13-10-20-8-7-14(13)17(15)19;/h3-6,9,20,22H,7-8,10H2,1-2H3,(H,21,23);1H. The number of rotatable bonds is 4. The fourth-order valence-corrected chi connectivity index (χ4v) is 3.52. The lowest BCUT2D eigenvalue weighted by Gasteiger charge is -2.19. The van der Waals surface area contributed by atoms with Crippen molar-refractivity contribution in [1.29, 1.82) is 0 Å². The summed E-state index contributed by atoms with van der Waals surface area (Å²) in [7, 11) is -3.47. The fourth-order valence-electron chi connectivity index (χ4n) is 2.90. The lowest BCUT2D eigenvalue weighted by atomic mass is 9.99. The summed E-state index contributed by atoms with van der Waals surface area (Å²) in [6.45, 7) is 3.03. The first-order chi connectivity index (χ1) is 12.2. The fraction of sp³-hybridized carbons (Fsp3) is 0.278. The van der Waals surface area contributed by atoms with Crippen molar-refractivity contribution in [3.05, 3.63) is 58.4 Å². The van der Waals surface area contributed by atoms with E-state index in [1.54, 1.807) is 31.2 Å². The molecule has 3 N–H and O–H groups in total. The van der Waals surface area contributed by atoms with Gasteiger partial charge in [0.2, 0.25) is 10.0 Å². The Morgan fingerprint density at radius 2 is 1.93 bits per heavy atom. The Kier molecular flexibility index (Phi) is 6.46. The summed E-state index contributed by atoms with van der Waals surface area (Å²) in [5, 5.41) is 5.75. The summed E-state index contributed by atoms with van der Waals surface area (Å²) in [4.78, 5) is 12.5. The SMILES string of the molecule is Cc1ccc(C(=O)Nc2ccc3c(c2F)CCNC3)cc1NS(C)(=O)=O.Cl. The molecule has 1 heterocycles. The van der Waals surface area contributed by atoms with Crippen molar-refractivity contribution in [2.75, 3.05) is 22.8 Å². The van der Waals surface area contributed by atoms with Gasteiger partial charge in [0.15, 0.2) is 0 Å². The maximum Gasteiger partial charge on any atom is 0.255 e. The monoisotopic (exact) mass is 413 g/mol. The molecule has 0 bridgehead atoms. The molecule has 1 aliphatic rings. The number of nitrogens with one attached hydrogen (secondary N) is 3. The summed E-state index contributed by atoms with van der Waals surface area (Å²) >= 11 is 0. The average molecular weight is 414 g/mol. The molecule has 9 heteroatoms. The number of fused-ring (bicyclic) bond motifs is 1. The maximum atomic E-state index is 14.7. The molecule has 0 saturated carbocycles. The number of amides is 1. The Hall–Kier alpha value is -2.16. The predicted octanol–water partition coefficient (Wildman–Crippen LogP) is 2.83. The van der Waals surface area contributed by atoms with Crippen LogP contribution in [0.1, 0.15) is 27.0 Å². The van der Waals surface area contributed by atoms with Gasteiger partial charge < -0.3 is 10.6 Å². The lowest BCUT2D eigenvalue weighted by molar-refractivity contribution is 0.102. The largest absolute Gasteiger partial charge is 0.319 e. The Morgan fingerprint density at radius 1 is 1.19 bits per heavy atom. The number of anilines is 2. The number of carbonyl (C=O) groups excluding carboxylic acids is 1. The van der Waals surface area contributed by atoms with E-state index in [9.17, 15) is 17.6 Å². The molecule has 0 aromatic heterocycles. The van der Waals surface area contributed by atoms with Crippen LogP contribution in [0.5, 0.6) is 0 Å². The van der Waals surface area contributed by atoms with E-state index in [2.05, 4.69) is 15.4 Å². The number of benzene rings is 2. The topological polar surface area (TPSA) is 87.3 Å². The van der Waals surface area contributed by atoms with Gasteiger partial charge in [-0.25, -0.2) is 12.8 Å². The Labute approximate surface area is 164 Å². The van der Waals surface area contributed by atoms with Crippen molar-refractivity contribution < 1.29 is 17.6 Å². The van der Waals surface area contributed by atoms with Crippen LogP contribution < -0.4 is 15.4 Å². The molecule has 2 aromatic carbocycles. The van der Waals surface area contributed by atoms with Gasteiger partial charge in [-0.2, -0.15) is 0 Å². The highest BCUT2D eigenvalue weighted by Crippen LogP contribution is 2.25. The minimum atomic E-state index is -3.47. The van der Waals surface area contributed by atoms with Crippen LogP contribution >= 0.6 is 12.4 Å². The molecule has 146 valence electrons. The van der Waals surface area contributed by atoms with E-state index in [1.807, 2.05) is 0 Å². The highest BCUT2D eigenvalue weighted by Gasteiger charge is 2.18. The second kappa shape index (κ2) is 8.24. The van der Waals surface area contributed by atoms with Gasteiger partial charge in [-0.15, -0.1) is 12.4 Å². The number of aryl methyl sites for hydroxylation is 1. The van der Waals surface area contributed by atoms with Crippen molar-refractivity contribution in [3.63, 3.8) is 0 Å². The van der Waals surface area contributed by atoms with Gasteiger partial charge in [0, 0.05) is 12.1 Å². The highest BCUT2D eigenvalue weighted by atomic mass is 35.5. The Morgan fingerprint density at radius 3 is 2.63 bits per heavy atom. The predicted molar refractivity (Wildman–Crippen MR) is 107 cm³/mol. The quantitative estimate of drug-likeness (QED) is 0.719. The van der Waals surface area contributed by atoms with Gasteiger partial charge in [0.05, 0.1) is 17.6 Å². The molecule has 0 aliphatic carbocycles. The molecule has 0 unspecified atom stereocenters. The first-order valence-electron chi connectivity index (χ1n) is 8.15. The van der Waals surface area contributed by atoms with Gasteiger partial charge in [-0.1, -0.05) is 12.1 Å². The van der Waals surface area contributed by atoms with E-state index in [0.29, 0.717) is 36.3 Å². The first-order valence-corrected chi connectivity index (χ1v) is 10.0. The van der Waals surface area contributed by atoms with E-state index in [0.717, 1.165) is 11.8 Å². The summed E-state index contributed by atoms with van der Waals surface area (Å²) in [6, 6.07) is 7.98. The van der Waals surface area contributed by atoms with Gasteiger partial charge in [-0.05, 0) is 54.8 Å². The third-order valence-corrected chi connectivity index (χ3v) is 4.84. The lowest BCUT2D eigenvalue weighted by Crippen LogP contribution is -2.25. The molecule has 1 aliphatic heterocycles. The smallest absolute Gasteiger partial charge is 0.255 e. The number of halogens is 2. The number of sulfonamides is 1. The minimum absolute atomic E-state index is 0. The highest BCUT2D eigenvalue weighted by molar-refractivity contribution is 7.92. The van der Waals surface area contributed by atoms with Crippen LogP contribution in [0, 0.1) is 12.7 Å². The summed E-state index contributed by atoms with van der Waals surface area (Å²) in [6.07, 6.45) is 1.61. The van der Waals surface area contributed by atoms with E-state index in [-0.39, 0.29) is 23.7 Å². The van der Waals surface area contributed by atoms with Crippen molar-refractivity contribution in [3.8, 4) is 0 Å². The van der Waals surface area contributed by atoms with Crippen LogP contribution in [-0.2, 0) is 23.0 Å². The van der Waals surface area contributed by atoms with Crippen molar-refractivity contribution >= 4 is 39.7 Å². The molecule has 0 radical (unpaired) electrons. The number of carbonyl (C=O) groups is 1. The van der Waals surface area contributed by atoms with Crippen LogP contribution in [0.4, 0.5) is 15.8 Å². The minimum Gasteiger partial charge on any atom is -0.319 e. The first kappa shape index (κ1) is 21.1. The molecule has 2 aromatic rings. The third kappa shape index (κ3) is 4.97. The second-order valence-electron chi connectivity index (χ2n) is 6.35. The van der Waals surface area contributed by atoms with Gasteiger partial charge in [0.1, 0.15) is 5.82 Å². The molecule has 0 saturated heterocycles. The Bertz CT molecular complexity index is 980. The van der Waals surface area contributed by atoms with Crippen molar-refractivity contribution in [2.45, 2.75) is 19.9 Å².